The van der Waals surface area contributed by atoms with Gasteiger partial charge in [0.2, 0.25) is 0 Å². The van der Waals surface area contributed by atoms with Crippen LogP contribution in [0.3, 0.4) is 0 Å². The van der Waals surface area contributed by atoms with Crippen LogP contribution in [0, 0.1) is 10.6 Å². The molecule has 0 aliphatic heterocycles. The van der Waals surface area contributed by atoms with Gasteiger partial charge in [0.1, 0.15) is 21.5 Å². The maximum Gasteiger partial charge on any atom is 0.330 e. The van der Waals surface area contributed by atoms with Crippen molar-refractivity contribution in [1.29, 1.82) is 0 Å². The maximum absolute atomic E-state index is 12.0. The van der Waals surface area contributed by atoms with Crippen molar-refractivity contribution in [3.8, 4) is 0 Å². The Morgan fingerprint density at radius 2 is 2.05 bits per heavy atom. The first-order valence-electron chi connectivity index (χ1n) is 6.69. The van der Waals surface area contributed by atoms with E-state index < -0.39 is 11.2 Å². The van der Waals surface area contributed by atoms with Crippen LogP contribution in [0.25, 0.3) is 11.0 Å². The third-order valence-electron chi connectivity index (χ3n) is 3.03. The quantitative estimate of drug-likeness (QED) is 0.803. The molecule has 2 heterocycles. The largest absolute Gasteiger partial charge is 0.383 e. The van der Waals surface area contributed by atoms with Gasteiger partial charge < -0.3 is 9.72 Å². The van der Waals surface area contributed by atoms with Gasteiger partial charge in [-0.05, 0) is 5.92 Å². The van der Waals surface area contributed by atoms with Gasteiger partial charge in [-0.1, -0.05) is 26.1 Å². The predicted octanol–water partition coefficient (Wildman–Crippen LogP) is 0.987. The molecule has 8 heteroatoms. The first-order chi connectivity index (χ1) is 9.93. The zero-order valence-corrected chi connectivity index (χ0v) is 13.0. The van der Waals surface area contributed by atoms with Gasteiger partial charge in [0, 0.05) is 13.5 Å². The van der Waals surface area contributed by atoms with Gasteiger partial charge in [0.05, 0.1) is 13.2 Å². The summed E-state index contributed by atoms with van der Waals surface area (Å²) in [6, 6.07) is 0. The molecule has 2 aromatic rings. The molecule has 0 spiro atoms. The number of aromatic nitrogens is 4. The summed E-state index contributed by atoms with van der Waals surface area (Å²) < 4.78 is 6.62. The average Bonchev–Trinajstić information content (AvgIpc) is 2.36. The van der Waals surface area contributed by atoms with E-state index in [4.69, 9.17) is 17.0 Å². The van der Waals surface area contributed by atoms with Gasteiger partial charge in [-0.25, -0.2) is 9.78 Å². The third kappa shape index (κ3) is 3.27. The molecule has 0 unspecified atom stereocenters. The maximum atomic E-state index is 12.0. The zero-order chi connectivity index (χ0) is 15.6. The molecule has 2 aromatic heterocycles. The highest BCUT2D eigenvalue weighted by Gasteiger charge is 2.12. The number of hydrogen-bond acceptors (Lipinski definition) is 5. The number of ether oxygens (including phenoxy) is 1. The Bertz CT molecular complexity index is 819. The second kappa shape index (κ2) is 6.31. The van der Waals surface area contributed by atoms with Crippen LogP contribution >= 0.6 is 12.2 Å². The summed E-state index contributed by atoms with van der Waals surface area (Å²) >= 11 is 5.20. The molecule has 0 atom stereocenters. The fourth-order valence-corrected chi connectivity index (χ4v) is 2.42. The molecule has 0 aliphatic rings. The Morgan fingerprint density at radius 1 is 1.33 bits per heavy atom. The van der Waals surface area contributed by atoms with E-state index in [9.17, 15) is 9.59 Å². The fourth-order valence-electron chi connectivity index (χ4n) is 2.12. The van der Waals surface area contributed by atoms with Crippen LogP contribution in [-0.2, 0) is 17.7 Å². The molecule has 114 valence electrons. The number of H-pyrrole nitrogens is 2. The van der Waals surface area contributed by atoms with E-state index in [1.165, 1.54) is 4.57 Å². The SMILES string of the molecule is COCCn1c(=O)[nH]c(=O)c2c(=S)nc(CC(C)C)[nH]c21. The molecular formula is C13H18N4O3S. The predicted molar refractivity (Wildman–Crippen MR) is 82.2 cm³/mol. The van der Waals surface area contributed by atoms with Crippen molar-refractivity contribution in [3.63, 3.8) is 0 Å². The van der Waals surface area contributed by atoms with Crippen LogP contribution in [0.1, 0.15) is 19.7 Å². The summed E-state index contributed by atoms with van der Waals surface area (Å²) in [7, 11) is 1.55. The van der Waals surface area contributed by atoms with E-state index in [-0.39, 0.29) is 10.0 Å². The van der Waals surface area contributed by atoms with Gasteiger partial charge in [-0.2, -0.15) is 0 Å². The summed E-state index contributed by atoms with van der Waals surface area (Å²) in [5.41, 5.74) is -0.609. The lowest BCUT2D eigenvalue weighted by atomic mass is 10.1. The van der Waals surface area contributed by atoms with Gasteiger partial charge >= 0.3 is 5.69 Å². The Hall–Kier alpha value is -1.80. The van der Waals surface area contributed by atoms with Gasteiger partial charge in [0.25, 0.3) is 5.56 Å². The first kappa shape index (κ1) is 15.6. The lowest BCUT2D eigenvalue weighted by molar-refractivity contribution is 0.187. The van der Waals surface area contributed by atoms with Gasteiger partial charge in [-0.3, -0.25) is 14.3 Å². The van der Waals surface area contributed by atoms with E-state index in [2.05, 4.69) is 28.8 Å². The van der Waals surface area contributed by atoms with Gasteiger partial charge in [0.15, 0.2) is 0 Å². The molecule has 2 rings (SSSR count). The summed E-state index contributed by atoms with van der Waals surface area (Å²) in [5.74, 6) is 1.04. The Kier molecular flexibility index (Phi) is 4.69. The van der Waals surface area contributed by atoms with Gasteiger partial charge in [-0.15, -0.1) is 0 Å². The molecule has 0 amide bonds. The smallest absolute Gasteiger partial charge is 0.330 e. The Morgan fingerprint density at radius 3 is 2.67 bits per heavy atom. The zero-order valence-electron chi connectivity index (χ0n) is 12.2. The number of nitrogens with one attached hydrogen (secondary N) is 2. The normalized spacial score (nSPS) is 11.4. The molecule has 21 heavy (non-hydrogen) atoms. The highest BCUT2D eigenvalue weighted by molar-refractivity contribution is 7.71. The molecule has 0 radical (unpaired) electrons. The van der Waals surface area contributed by atoms with Crippen molar-refractivity contribution < 1.29 is 4.74 Å². The summed E-state index contributed by atoms with van der Waals surface area (Å²) in [6.45, 7) is 4.78. The molecule has 0 aliphatic carbocycles. The van der Waals surface area contributed by atoms with Crippen LogP contribution in [-0.4, -0.2) is 33.2 Å². The standard InChI is InChI=1S/C13H18N4O3S/c1-7(2)6-8-14-10-9(12(21)15-8)11(18)16-13(19)17(10)4-5-20-3/h7H,4-6H2,1-3H3,(H,14,15,21)(H,16,18,19). The number of aromatic amines is 2. The van der Waals surface area contributed by atoms with Crippen LogP contribution in [0.2, 0.25) is 0 Å². The number of fused-ring (bicyclic) bond motifs is 1. The van der Waals surface area contributed by atoms with E-state index in [0.29, 0.717) is 37.0 Å². The van der Waals surface area contributed by atoms with Crippen molar-refractivity contribution in [2.45, 2.75) is 26.8 Å². The molecule has 2 N–H and O–H groups in total. The molecule has 0 fully saturated rings. The Labute approximate surface area is 126 Å². The van der Waals surface area contributed by atoms with E-state index >= 15 is 0 Å². The van der Waals surface area contributed by atoms with Crippen molar-refractivity contribution in [2.24, 2.45) is 5.92 Å². The fraction of sp³-hybridized carbons (Fsp3) is 0.538. The van der Waals surface area contributed by atoms with E-state index in [1.807, 2.05) is 0 Å². The molecule has 0 saturated heterocycles. The topological polar surface area (TPSA) is 92.8 Å². The number of methoxy groups -OCH3 is 1. The first-order valence-corrected chi connectivity index (χ1v) is 7.09. The van der Waals surface area contributed by atoms with Crippen molar-refractivity contribution >= 4 is 23.3 Å². The molecular weight excluding hydrogens is 292 g/mol. The van der Waals surface area contributed by atoms with Crippen LogP contribution in [0.5, 0.6) is 0 Å². The lowest BCUT2D eigenvalue weighted by Crippen LogP contribution is -2.32. The summed E-state index contributed by atoms with van der Waals surface area (Å²) in [6.07, 6.45) is 0.685. The second-order valence-electron chi connectivity index (χ2n) is 5.21. The lowest BCUT2D eigenvalue weighted by Gasteiger charge is -2.11. The molecule has 7 nitrogen and oxygen atoms in total. The van der Waals surface area contributed by atoms with Crippen molar-refractivity contribution in [1.82, 2.24) is 19.5 Å². The van der Waals surface area contributed by atoms with Crippen LogP contribution in [0.15, 0.2) is 9.59 Å². The van der Waals surface area contributed by atoms with Crippen LogP contribution in [0.4, 0.5) is 0 Å². The number of hydrogen-bond donors (Lipinski definition) is 2. The molecule has 0 saturated carbocycles. The average molecular weight is 310 g/mol. The van der Waals surface area contributed by atoms with E-state index in [1.54, 1.807) is 7.11 Å². The monoisotopic (exact) mass is 310 g/mol. The summed E-state index contributed by atoms with van der Waals surface area (Å²) in [4.78, 5) is 33.5. The highest BCUT2D eigenvalue weighted by atomic mass is 32.1. The number of rotatable bonds is 5. The highest BCUT2D eigenvalue weighted by Crippen LogP contribution is 2.09. The number of nitrogens with zero attached hydrogens (tertiary/aromatic N) is 2. The minimum absolute atomic E-state index is 0.201. The van der Waals surface area contributed by atoms with E-state index in [0.717, 1.165) is 0 Å². The van der Waals surface area contributed by atoms with Crippen molar-refractivity contribution in [3.05, 3.63) is 31.3 Å². The molecule has 0 bridgehead atoms. The molecule has 0 aromatic carbocycles. The van der Waals surface area contributed by atoms with Crippen molar-refractivity contribution in [2.75, 3.05) is 13.7 Å². The minimum atomic E-state index is -0.520. The second-order valence-corrected chi connectivity index (χ2v) is 5.60. The minimum Gasteiger partial charge on any atom is -0.383 e. The third-order valence-corrected chi connectivity index (χ3v) is 3.33. The Balaban J connectivity index is 2.76. The summed E-state index contributed by atoms with van der Waals surface area (Å²) in [5, 5.41) is 0.230. The van der Waals surface area contributed by atoms with Crippen LogP contribution < -0.4 is 11.2 Å².